The molecule has 0 radical (unpaired) electrons. The molecule has 0 bridgehead atoms. The maximum atomic E-state index is 9.25. The van der Waals surface area contributed by atoms with Gasteiger partial charge < -0.3 is 9.84 Å². The molecule has 0 heterocycles. The summed E-state index contributed by atoms with van der Waals surface area (Å²) in [6.45, 7) is 0. The van der Waals surface area contributed by atoms with Gasteiger partial charge in [-0.1, -0.05) is 6.07 Å². The Morgan fingerprint density at radius 1 is 1.54 bits per heavy atom. The summed E-state index contributed by atoms with van der Waals surface area (Å²) in [7, 11) is 1.48. The van der Waals surface area contributed by atoms with Gasteiger partial charge in [-0.15, -0.1) is 0 Å². The van der Waals surface area contributed by atoms with E-state index in [0.29, 0.717) is 5.75 Å². The third-order valence-electron chi connectivity index (χ3n) is 1.55. The highest BCUT2D eigenvalue weighted by Gasteiger charge is 1.99. The van der Waals surface area contributed by atoms with Crippen molar-refractivity contribution in [2.45, 2.75) is 0 Å². The van der Waals surface area contributed by atoms with Crippen molar-refractivity contribution >= 4 is 6.08 Å². The van der Waals surface area contributed by atoms with Crippen molar-refractivity contribution in [2.24, 2.45) is 0 Å². The molecule has 66 valence electrons. The van der Waals surface area contributed by atoms with E-state index in [2.05, 4.69) is 0 Å². The molecule has 0 atom stereocenters. The summed E-state index contributed by atoms with van der Waals surface area (Å²) in [5.74, 6) is 0.497. The molecule has 0 aliphatic heterocycles. The fourth-order valence-corrected chi connectivity index (χ4v) is 0.931. The van der Waals surface area contributed by atoms with E-state index in [-0.39, 0.29) is 5.75 Å². The number of aromatic hydroxyl groups is 1. The van der Waals surface area contributed by atoms with Crippen LogP contribution in [0.3, 0.4) is 0 Å². The molecule has 0 amide bonds. The van der Waals surface area contributed by atoms with Crippen LogP contribution in [-0.4, -0.2) is 12.2 Å². The molecule has 0 fully saturated rings. The SMILES string of the molecule is COc1cc(C=CC#N)ccc1O. The highest BCUT2D eigenvalue weighted by Crippen LogP contribution is 2.26. The first kappa shape index (κ1) is 9.14. The molecule has 3 heteroatoms. The molecular formula is C10H9NO2. The number of phenolic OH excluding ortho intramolecular Hbond substituents is 1. The first-order valence-electron chi connectivity index (χ1n) is 3.71. The fourth-order valence-electron chi connectivity index (χ4n) is 0.931. The van der Waals surface area contributed by atoms with Gasteiger partial charge in [-0.2, -0.15) is 5.26 Å². The number of ether oxygens (including phenoxy) is 1. The van der Waals surface area contributed by atoms with E-state index in [1.54, 1.807) is 18.2 Å². The molecule has 1 aromatic carbocycles. The van der Waals surface area contributed by atoms with Gasteiger partial charge in [0.2, 0.25) is 0 Å². The minimum absolute atomic E-state index is 0.0941. The predicted molar refractivity (Wildman–Crippen MR) is 49.3 cm³/mol. The lowest BCUT2D eigenvalue weighted by atomic mass is 10.2. The Morgan fingerprint density at radius 3 is 2.92 bits per heavy atom. The Hall–Kier alpha value is -1.95. The molecule has 0 saturated carbocycles. The van der Waals surface area contributed by atoms with Gasteiger partial charge in [-0.05, 0) is 23.8 Å². The van der Waals surface area contributed by atoms with Crippen molar-refractivity contribution in [3.8, 4) is 17.6 Å². The largest absolute Gasteiger partial charge is 0.504 e. The van der Waals surface area contributed by atoms with Crippen LogP contribution in [-0.2, 0) is 0 Å². The minimum atomic E-state index is 0.0941. The van der Waals surface area contributed by atoms with E-state index in [9.17, 15) is 5.11 Å². The van der Waals surface area contributed by atoms with Crippen LogP contribution in [0.5, 0.6) is 11.5 Å². The normalized spacial score (nSPS) is 9.85. The first-order chi connectivity index (χ1) is 6.27. The maximum absolute atomic E-state index is 9.25. The van der Waals surface area contributed by atoms with Gasteiger partial charge in [-0.25, -0.2) is 0 Å². The van der Waals surface area contributed by atoms with Crippen LogP contribution in [0.2, 0.25) is 0 Å². The van der Waals surface area contributed by atoms with Crippen LogP contribution in [0.1, 0.15) is 5.56 Å². The number of hydrogen-bond acceptors (Lipinski definition) is 3. The number of phenols is 1. The molecule has 0 aromatic heterocycles. The standard InChI is InChI=1S/C10H9NO2/c1-13-10-7-8(3-2-6-11)4-5-9(10)12/h2-5,7,12H,1H3. The number of nitrogens with zero attached hydrogens (tertiary/aromatic N) is 1. The summed E-state index contributed by atoms with van der Waals surface area (Å²) < 4.78 is 4.90. The van der Waals surface area contributed by atoms with Crippen molar-refractivity contribution in [1.82, 2.24) is 0 Å². The average Bonchev–Trinajstić information content (AvgIpc) is 2.16. The molecule has 0 aliphatic carbocycles. The summed E-state index contributed by atoms with van der Waals surface area (Å²) in [5.41, 5.74) is 0.816. The van der Waals surface area contributed by atoms with E-state index < -0.39 is 0 Å². The predicted octanol–water partition coefficient (Wildman–Crippen LogP) is 1.94. The highest BCUT2D eigenvalue weighted by atomic mass is 16.5. The van der Waals surface area contributed by atoms with Crippen molar-refractivity contribution < 1.29 is 9.84 Å². The lowest BCUT2D eigenvalue weighted by Gasteiger charge is -2.02. The lowest BCUT2D eigenvalue weighted by molar-refractivity contribution is 0.373. The third kappa shape index (κ3) is 2.24. The summed E-state index contributed by atoms with van der Waals surface area (Å²) in [6.07, 6.45) is 3.01. The quantitative estimate of drug-likeness (QED) is 0.699. The molecule has 3 nitrogen and oxygen atoms in total. The fraction of sp³-hybridized carbons (Fsp3) is 0.100. The number of allylic oxidation sites excluding steroid dienone is 1. The third-order valence-corrected chi connectivity index (χ3v) is 1.55. The molecule has 0 aliphatic rings. The van der Waals surface area contributed by atoms with Crippen LogP contribution in [0.4, 0.5) is 0 Å². The summed E-state index contributed by atoms with van der Waals surface area (Å²) in [4.78, 5) is 0. The molecule has 1 N–H and O–H groups in total. The number of benzene rings is 1. The monoisotopic (exact) mass is 175 g/mol. The second-order valence-corrected chi connectivity index (χ2v) is 2.39. The molecule has 13 heavy (non-hydrogen) atoms. The van der Waals surface area contributed by atoms with E-state index in [0.717, 1.165) is 5.56 Å². The van der Waals surface area contributed by atoms with Gasteiger partial charge in [-0.3, -0.25) is 0 Å². The minimum Gasteiger partial charge on any atom is -0.504 e. The molecular weight excluding hydrogens is 166 g/mol. The number of nitriles is 1. The lowest BCUT2D eigenvalue weighted by Crippen LogP contribution is -1.83. The maximum Gasteiger partial charge on any atom is 0.161 e. The van der Waals surface area contributed by atoms with E-state index in [4.69, 9.17) is 10.00 Å². The molecule has 0 saturated heterocycles. The summed E-state index contributed by atoms with van der Waals surface area (Å²) >= 11 is 0. The second-order valence-electron chi connectivity index (χ2n) is 2.39. The van der Waals surface area contributed by atoms with Gasteiger partial charge in [0.1, 0.15) is 0 Å². The van der Waals surface area contributed by atoms with E-state index >= 15 is 0 Å². The Balaban J connectivity index is 3.01. The van der Waals surface area contributed by atoms with Crippen LogP contribution in [0.25, 0.3) is 6.08 Å². The highest BCUT2D eigenvalue weighted by molar-refractivity contribution is 5.56. The van der Waals surface area contributed by atoms with Crippen molar-refractivity contribution in [2.75, 3.05) is 7.11 Å². The Kier molecular flexibility index (Phi) is 2.93. The van der Waals surface area contributed by atoms with Gasteiger partial charge in [0.15, 0.2) is 11.5 Å². The van der Waals surface area contributed by atoms with Crippen LogP contribution in [0, 0.1) is 11.3 Å². The average molecular weight is 175 g/mol. The number of hydrogen-bond donors (Lipinski definition) is 1. The zero-order valence-electron chi connectivity index (χ0n) is 7.19. The molecule has 1 rings (SSSR count). The molecule has 0 spiro atoms. The van der Waals surface area contributed by atoms with Gasteiger partial charge in [0, 0.05) is 6.08 Å². The topological polar surface area (TPSA) is 53.2 Å². The van der Waals surface area contributed by atoms with Crippen LogP contribution >= 0.6 is 0 Å². The van der Waals surface area contributed by atoms with Gasteiger partial charge >= 0.3 is 0 Å². The van der Waals surface area contributed by atoms with Crippen LogP contribution in [0.15, 0.2) is 24.3 Å². The Morgan fingerprint density at radius 2 is 2.31 bits per heavy atom. The molecule has 0 unspecified atom stereocenters. The van der Waals surface area contributed by atoms with Crippen LogP contribution < -0.4 is 4.74 Å². The Labute approximate surface area is 76.5 Å². The zero-order valence-corrected chi connectivity index (χ0v) is 7.19. The van der Waals surface area contributed by atoms with Crippen molar-refractivity contribution in [3.63, 3.8) is 0 Å². The molecule has 1 aromatic rings. The van der Waals surface area contributed by atoms with Crippen molar-refractivity contribution in [3.05, 3.63) is 29.8 Å². The smallest absolute Gasteiger partial charge is 0.161 e. The Bertz CT molecular complexity index is 364. The zero-order chi connectivity index (χ0) is 9.68. The second kappa shape index (κ2) is 4.17. The van der Waals surface area contributed by atoms with E-state index in [1.165, 1.54) is 19.3 Å². The summed E-state index contributed by atoms with van der Waals surface area (Å²) in [5, 5.41) is 17.5. The van der Waals surface area contributed by atoms with Gasteiger partial charge in [0.25, 0.3) is 0 Å². The first-order valence-corrected chi connectivity index (χ1v) is 3.71. The van der Waals surface area contributed by atoms with E-state index in [1.807, 2.05) is 6.07 Å². The number of rotatable bonds is 2. The van der Waals surface area contributed by atoms with Crippen molar-refractivity contribution in [1.29, 1.82) is 5.26 Å². The number of methoxy groups -OCH3 is 1. The summed E-state index contributed by atoms with van der Waals surface area (Å²) in [6, 6.07) is 6.76. The van der Waals surface area contributed by atoms with Gasteiger partial charge in [0.05, 0.1) is 13.2 Å².